The molecule has 0 aliphatic carbocycles. The van der Waals surface area contributed by atoms with Gasteiger partial charge in [-0.1, -0.05) is 26.8 Å². The minimum absolute atomic E-state index is 0.307. The quantitative estimate of drug-likeness (QED) is 0.914. The molecule has 3 nitrogen and oxygen atoms in total. The Morgan fingerprint density at radius 2 is 1.86 bits per heavy atom. The number of ether oxygens (including phenoxy) is 1. The molecule has 3 heteroatoms. The lowest BCUT2D eigenvalue weighted by Gasteiger charge is -2.39. The van der Waals surface area contributed by atoms with Gasteiger partial charge in [-0.2, -0.15) is 0 Å². The van der Waals surface area contributed by atoms with E-state index in [2.05, 4.69) is 25.7 Å². The van der Waals surface area contributed by atoms with Gasteiger partial charge in [0, 0.05) is 17.7 Å². The van der Waals surface area contributed by atoms with Crippen LogP contribution in [0, 0.1) is 18.3 Å². The fraction of sp³-hybridized carbons (Fsp3) is 0.667. The summed E-state index contributed by atoms with van der Waals surface area (Å²) in [6.45, 7) is 12.1. The summed E-state index contributed by atoms with van der Waals surface area (Å²) in [5.74, 6) is 1.95. The summed E-state index contributed by atoms with van der Waals surface area (Å²) in [5, 5.41) is 9.79. The second-order valence-corrected chi connectivity index (χ2v) is 7.32. The van der Waals surface area contributed by atoms with Gasteiger partial charge in [0.05, 0.1) is 7.11 Å². The Kier molecular flexibility index (Phi) is 4.82. The zero-order valence-electron chi connectivity index (χ0n) is 14.1. The summed E-state index contributed by atoms with van der Waals surface area (Å²) in [7, 11) is 1.68. The Morgan fingerprint density at radius 3 is 2.38 bits per heavy atom. The lowest BCUT2D eigenvalue weighted by molar-refractivity contribution is 0.107. The first-order chi connectivity index (χ1) is 9.82. The molecule has 0 radical (unpaired) electrons. The van der Waals surface area contributed by atoms with E-state index in [0.29, 0.717) is 11.2 Å². The van der Waals surface area contributed by atoms with Crippen molar-refractivity contribution in [2.24, 2.45) is 11.3 Å². The van der Waals surface area contributed by atoms with Gasteiger partial charge in [-0.25, -0.2) is 0 Å². The van der Waals surface area contributed by atoms with Crippen LogP contribution in [0.2, 0.25) is 0 Å². The number of hydrogen-bond donors (Lipinski definition) is 1. The monoisotopic (exact) mass is 291 g/mol. The van der Waals surface area contributed by atoms with Gasteiger partial charge in [0.2, 0.25) is 0 Å². The van der Waals surface area contributed by atoms with E-state index in [0.717, 1.165) is 36.9 Å². The van der Waals surface area contributed by atoms with Crippen LogP contribution in [0.1, 0.15) is 44.7 Å². The van der Waals surface area contributed by atoms with E-state index in [1.54, 1.807) is 13.2 Å². The minimum atomic E-state index is 0.307. The van der Waals surface area contributed by atoms with Crippen LogP contribution in [0.3, 0.4) is 0 Å². The number of phenols is 1. The third kappa shape index (κ3) is 3.70. The Balaban J connectivity index is 2.03. The van der Waals surface area contributed by atoms with Gasteiger partial charge in [0.25, 0.3) is 0 Å². The van der Waals surface area contributed by atoms with Crippen molar-refractivity contribution in [1.29, 1.82) is 0 Å². The van der Waals surface area contributed by atoms with E-state index in [4.69, 9.17) is 4.74 Å². The van der Waals surface area contributed by atoms with Crippen molar-refractivity contribution >= 4 is 0 Å². The molecule has 1 aromatic carbocycles. The van der Waals surface area contributed by atoms with E-state index in [-0.39, 0.29) is 0 Å². The lowest BCUT2D eigenvalue weighted by Crippen LogP contribution is -2.37. The van der Waals surface area contributed by atoms with Crippen LogP contribution in [0.5, 0.6) is 11.5 Å². The SMILES string of the molecule is COc1c(CN2CCC(C(C)(C)C)CC2)ccc(O)c1C. The molecule has 21 heavy (non-hydrogen) atoms. The molecule has 0 saturated carbocycles. The van der Waals surface area contributed by atoms with Gasteiger partial charge in [0.1, 0.15) is 11.5 Å². The molecule has 0 unspecified atom stereocenters. The molecule has 1 saturated heterocycles. The summed E-state index contributed by atoms with van der Waals surface area (Å²) >= 11 is 0. The van der Waals surface area contributed by atoms with Crippen LogP contribution in [0.25, 0.3) is 0 Å². The zero-order chi connectivity index (χ0) is 15.6. The van der Waals surface area contributed by atoms with Crippen molar-refractivity contribution < 1.29 is 9.84 Å². The highest BCUT2D eigenvalue weighted by atomic mass is 16.5. The van der Waals surface area contributed by atoms with Crippen molar-refractivity contribution in [3.8, 4) is 11.5 Å². The van der Waals surface area contributed by atoms with Gasteiger partial charge in [0.15, 0.2) is 0 Å². The molecule has 0 atom stereocenters. The highest BCUT2D eigenvalue weighted by molar-refractivity contribution is 5.48. The third-order valence-corrected chi connectivity index (χ3v) is 4.87. The molecule has 1 aliphatic rings. The fourth-order valence-corrected chi connectivity index (χ4v) is 3.34. The van der Waals surface area contributed by atoms with Crippen molar-refractivity contribution in [2.75, 3.05) is 20.2 Å². The molecule has 0 amide bonds. The molecule has 0 aromatic heterocycles. The smallest absolute Gasteiger partial charge is 0.129 e. The van der Waals surface area contributed by atoms with Crippen LogP contribution in [0.4, 0.5) is 0 Å². The average molecular weight is 291 g/mol. The highest BCUT2D eigenvalue weighted by Crippen LogP contribution is 2.36. The summed E-state index contributed by atoms with van der Waals surface area (Å²) < 4.78 is 5.49. The summed E-state index contributed by atoms with van der Waals surface area (Å²) in [6.07, 6.45) is 2.53. The molecule has 0 spiro atoms. The molecule has 0 bridgehead atoms. The number of benzene rings is 1. The van der Waals surface area contributed by atoms with E-state index in [9.17, 15) is 5.11 Å². The van der Waals surface area contributed by atoms with Crippen LogP contribution in [0.15, 0.2) is 12.1 Å². The van der Waals surface area contributed by atoms with Crippen molar-refractivity contribution in [1.82, 2.24) is 4.90 Å². The second kappa shape index (κ2) is 6.27. The van der Waals surface area contributed by atoms with E-state index >= 15 is 0 Å². The number of nitrogens with zero attached hydrogens (tertiary/aromatic N) is 1. The number of rotatable bonds is 3. The van der Waals surface area contributed by atoms with Gasteiger partial charge in [-0.3, -0.25) is 4.90 Å². The number of hydrogen-bond acceptors (Lipinski definition) is 3. The number of phenolic OH excluding ortho intramolecular Hbond substituents is 1. The van der Waals surface area contributed by atoms with Gasteiger partial charge < -0.3 is 9.84 Å². The predicted molar refractivity (Wildman–Crippen MR) is 86.9 cm³/mol. The summed E-state index contributed by atoms with van der Waals surface area (Å²) in [5.41, 5.74) is 2.42. The number of methoxy groups -OCH3 is 1. The maximum atomic E-state index is 9.79. The predicted octanol–water partition coefficient (Wildman–Crippen LogP) is 3.97. The Morgan fingerprint density at radius 1 is 1.24 bits per heavy atom. The van der Waals surface area contributed by atoms with Gasteiger partial charge >= 0.3 is 0 Å². The third-order valence-electron chi connectivity index (χ3n) is 4.87. The van der Waals surface area contributed by atoms with Gasteiger partial charge in [-0.15, -0.1) is 0 Å². The topological polar surface area (TPSA) is 32.7 Å². The van der Waals surface area contributed by atoms with E-state index in [1.165, 1.54) is 18.4 Å². The summed E-state index contributed by atoms with van der Waals surface area (Å²) in [6, 6.07) is 3.76. The maximum Gasteiger partial charge on any atom is 0.129 e. The van der Waals surface area contributed by atoms with Crippen molar-refractivity contribution in [3.05, 3.63) is 23.3 Å². The lowest BCUT2D eigenvalue weighted by atomic mass is 9.75. The number of aromatic hydroxyl groups is 1. The number of piperidine rings is 1. The first kappa shape index (κ1) is 16.2. The Hall–Kier alpha value is -1.22. The first-order valence-corrected chi connectivity index (χ1v) is 7.90. The fourth-order valence-electron chi connectivity index (χ4n) is 3.34. The molecule has 118 valence electrons. The van der Waals surface area contributed by atoms with E-state index in [1.807, 2.05) is 13.0 Å². The van der Waals surface area contributed by atoms with Gasteiger partial charge in [-0.05, 0) is 50.3 Å². The largest absolute Gasteiger partial charge is 0.508 e. The minimum Gasteiger partial charge on any atom is -0.508 e. The zero-order valence-corrected chi connectivity index (χ0v) is 14.1. The standard InChI is InChI=1S/C18H29NO2/c1-13-16(20)7-6-14(17(13)21-5)12-19-10-8-15(9-11-19)18(2,3)4/h6-7,15,20H,8-12H2,1-5H3. The van der Waals surface area contributed by atoms with Crippen LogP contribution >= 0.6 is 0 Å². The Bertz CT molecular complexity index is 483. The second-order valence-electron chi connectivity index (χ2n) is 7.32. The molecule has 1 N–H and O–H groups in total. The average Bonchev–Trinajstić information content (AvgIpc) is 2.43. The van der Waals surface area contributed by atoms with Crippen molar-refractivity contribution in [3.63, 3.8) is 0 Å². The number of likely N-dealkylation sites (tertiary alicyclic amines) is 1. The summed E-state index contributed by atoms with van der Waals surface area (Å²) in [4.78, 5) is 2.50. The normalized spacial score (nSPS) is 18.0. The Labute approximate surface area is 128 Å². The molecule has 1 heterocycles. The molecule has 1 fully saturated rings. The maximum absolute atomic E-state index is 9.79. The molecule has 1 aliphatic heterocycles. The molecular formula is C18H29NO2. The van der Waals surface area contributed by atoms with Crippen LogP contribution in [-0.4, -0.2) is 30.2 Å². The van der Waals surface area contributed by atoms with Crippen molar-refractivity contribution in [2.45, 2.75) is 47.1 Å². The molecule has 2 rings (SSSR count). The molecular weight excluding hydrogens is 262 g/mol. The highest BCUT2D eigenvalue weighted by Gasteiger charge is 2.29. The first-order valence-electron chi connectivity index (χ1n) is 7.90. The van der Waals surface area contributed by atoms with E-state index < -0.39 is 0 Å². The van der Waals surface area contributed by atoms with Crippen LogP contribution < -0.4 is 4.74 Å². The van der Waals surface area contributed by atoms with Crippen LogP contribution in [-0.2, 0) is 6.54 Å². The molecule has 1 aromatic rings.